The van der Waals surface area contributed by atoms with E-state index in [0.29, 0.717) is 24.3 Å². The Morgan fingerprint density at radius 2 is 2.06 bits per heavy atom. The molecule has 0 aromatic heterocycles. The summed E-state index contributed by atoms with van der Waals surface area (Å²) < 4.78 is 0. The van der Waals surface area contributed by atoms with E-state index in [9.17, 15) is 0 Å². The molecule has 3 unspecified atom stereocenters. The van der Waals surface area contributed by atoms with E-state index in [0.717, 1.165) is 6.42 Å². The van der Waals surface area contributed by atoms with Crippen molar-refractivity contribution < 1.29 is 5.21 Å². The van der Waals surface area contributed by atoms with Crippen molar-refractivity contribution >= 4 is 5.84 Å². The average Bonchev–Trinajstić information content (AvgIpc) is 2.32. The van der Waals surface area contributed by atoms with E-state index in [2.05, 4.69) is 36.4 Å². The molecule has 3 atom stereocenters. The zero-order chi connectivity index (χ0) is 12.8. The van der Waals surface area contributed by atoms with Crippen LogP contribution in [0.4, 0.5) is 0 Å². The number of nitrogens with zero attached hydrogens (tertiary/aromatic N) is 2. The standard InChI is InChI=1S/C12H26N4O/c1-4-11(8-12(13)15-17)14-16-9(2)6-5-7-10(16)3/h9-11,14,17H,4-8H2,1-3H3,(H2,13,15). The number of nitrogens with one attached hydrogen (secondary N) is 1. The number of oxime groups is 1. The molecule has 0 aromatic carbocycles. The molecule has 1 fully saturated rings. The predicted molar refractivity (Wildman–Crippen MR) is 69.9 cm³/mol. The summed E-state index contributed by atoms with van der Waals surface area (Å²) in [5, 5.41) is 14.0. The Hall–Kier alpha value is -0.810. The fourth-order valence-corrected chi connectivity index (χ4v) is 2.46. The summed E-state index contributed by atoms with van der Waals surface area (Å²) in [6.07, 6.45) is 5.32. The summed E-state index contributed by atoms with van der Waals surface area (Å²) in [4.78, 5) is 0. The van der Waals surface area contributed by atoms with Crippen LogP contribution in [-0.4, -0.2) is 34.2 Å². The maximum atomic E-state index is 8.61. The van der Waals surface area contributed by atoms with Crippen molar-refractivity contribution in [1.82, 2.24) is 10.4 Å². The minimum Gasteiger partial charge on any atom is -0.409 e. The van der Waals surface area contributed by atoms with Gasteiger partial charge in [0.25, 0.3) is 0 Å². The van der Waals surface area contributed by atoms with Gasteiger partial charge < -0.3 is 10.9 Å². The SMILES string of the molecule is CCC(CC(N)=NO)NN1C(C)CCCC1C. The normalized spacial score (nSPS) is 29.2. The lowest BCUT2D eigenvalue weighted by Crippen LogP contribution is -2.55. The van der Waals surface area contributed by atoms with Gasteiger partial charge in [0.2, 0.25) is 0 Å². The third kappa shape index (κ3) is 4.16. The van der Waals surface area contributed by atoms with Crippen molar-refractivity contribution in [3.63, 3.8) is 0 Å². The lowest BCUT2D eigenvalue weighted by Gasteiger charge is -2.41. The van der Waals surface area contributed by atoms with Crippen LogP contribution in [0, 0.1) is 0 Å². The summed E-state index contributed by atoms with van der Waals surface area (Å²) in [5.74, 6) is 0.293. The van der Waals surface area contributed by atoms with E-state index >= 15 is 0 Å². The van der Waals surface area contributed by atoms with E-state index in [1.807, 2.05) is 0 Å². The van der Waals surface area contributed by atoms with Crippen molar-refractivity contribution in [2.75, 3.05) is 0 Å². The smallest absolute Gasteiger partial charge is 0.140 e. The van der Waals surface area contributed by atoms with E-state index in [1.165, 1.54) is 19.3 Å². The summed E-state index contributed by atoms with van der Waals surface area (Å²) in [6.45, 7) is 6.61. The Kier molecular flexibility index (Phi) is 5.71. The van der Waals surface area contributed by atoms with Gasteiger partial charge in [-0.25, -0.2) is 5.01 Å². The van der Waals surface area contributed by atoms with E-state index < -0.39 is 0 Å². The minimum absolute atomic E-state index is 0.244. The molecule has 0 saturated carbocycles. The van der Waals surface area contributed by atoms with Gasteiger partial charge >= 0.3 is 0 Å². The average molecular weight is 242 g/mol. The van der Waals surface area contributed by atoms with E-state index in [-0.39, 0.29) is 6.04 Å². The van der Waals surface area contributed by atoms with Gasteiger partial charge in [0.15, 0.2) is 0 Å². The first-order valence-corrected chi connectivity index (χ1v) is 6.59. The highest BCUT2D eigenvalue weighted by Gasteiger charge is 2.26. The second-order valence-electron chi connectivity index (χ2n) is 5.07. The van der Waals surface area contributed by atoms with Crippen molar-refractivity contribution in [2.45, 2.75) is 71.0 Å². The molecule has 0 bridgehead atoms. The van der Waals surface area contributed by atoms with Crippen LogP contribution in [-0.2, 0) is 0 Å². The molecule has 1 heterocycles. The van der Waals surface area contributed by atoms with Gasteiger partial charge in [-0.2, -0.15) is 0 Å². The number of rotatable bonds is 5. The second-order valence-corrected chi connectivity index (χ2v) is 5.07. The monoisotopic (exact) mass is 242 g/mol. The van der Waals surface area contributed by atoms with Gasteiger partial charge in [0, 0.05) is 24.5 Å². The van der Waals surface area contributed by atoms with Crippen LogP contribution in [0.2, 0.25) is 0 Å². The van der Waals surface area contributed by atoms with Crippen molar-refractivity contribution in [2.24, 2.45) is 10.9 Å². The van der Waals surface area contributed by atoms with Crippen LogP contribution in [0.5, 0.6) is 0 Å². The zero-order valence-electron chi connectivity index (χ0n) is 11.2. The van der Waals surface area contributed by atoms with Crippen LogP contribution in [0.15, 0.2) is 5.16 Å². The Labute approximate surface area is 104 Å². The Morgan fingerprint density at radius 1 is 1.47 bits per heavy atom. The quantitative estimate of drug-likeness (QED) is 0.297. The number of hydrogen-bond donors (Lipinski definition) is 3. The molecular weight excluding hydrogens is 216 g/mol. The number of amidine groups is 1. The van der Waals surface area contributed by atoms with Crippen LogP contribution in [0.1, 0.15) is 52.9 Å². The van der Waals surface area contributed by atoms with E-state index in [1.54, 1.807) is 0 Å². The molecular formula is C12H26N4O. The molecule has 100 valence electrons. The highest BCUT2D eigenvalue weighted by atomic mass is 16.4. The lowest BCUT2D eigenvalue weighted by molar-refractivity contribution is 0.0297. The molecule has 0 aromatic rings. The second kappa shape index (κ2) is 6.81. The molecule has 5 heteroatoms. The lowest BCUT2D eigenvalue weighted by atomic mass is 9.99. The summed E-state index contributed by atoms with van der Waals surface area (Å²) in [7, 11) is 0. The molecule has 4 N–H and O–H groups in total. The van der Waals surface area contributed by atoms with Crippen LogP contribution >= 0.6 is 0 Å². The predicted octanol–water partition coefficient (Wildman–Crippen LogP) is 1.67. The molecule has 1 aliphatic rings. The van der Waals surface area contributed by atoms with Gasteiger partial charge in [-0.3, -0.25) is 5.43 Å². The fourth-order valence-electron chi connectivity index (χ4n) is 2.46. The first kappa shape index (κ1) is 14.3. The maximum Gasteiger partial charge on any atom is 0.140 e. The molecule has 17 heavy (non-hydrogen) atoms. The summed E-state index contributed by atoms with van der Waals surface area (Å²) in [5.41, 5.74) is 9.10. The van der Waals surface area contributed by atoms with Gasteiger partial charge in [-0.1, -0.05) is 18.5 Å². The molecule has 0 aliphatic carbocycles. The van der Waals surface area contributed by atoms with Crippen LogP contribution < -0.4 is 11.2 Å². The molecule has 1 saturated heterocycles. The molecule has 0 radical (unpaired) electrons. The Balaban J connectivity index is 2.53. The molecule has 0 amide bonds. The van der Waals surface area contributed by atoms with Crippen LogP contribution in [0.25, 0.3) is 0 Å². The number of hydrazine groups is 1. The van der Waals surface area contributed by atoms with Crippen molar-refractivity contribution in [3.8, 4) is 0 Å². The maximum absolute atomic E-state index is 8.61. The third-order valence-electron chi connectivity index (χ3n) is 3.60. The minimum atomic E-state index is 0.244. The zero-order valence-corrected chi connectivity index (χ0v) is 11.2. The van der Waals surface area contributed by atoms with Gasteiger partial charge in [-0.15, -0.1) is 0 Å². The number of hydrogen-bond acceptors (Lipinski definition) is 4. The van der Waals surface area contributed by atoms with Crippen molar-refractivity contribution in [1.29, 1.82) is 0 Å². The largest absolute Gasteiger partial charge is 0.409 e. The Bertz CT molecular complexity index is 247. The molecule has 5 nitrogen and oxygen atoms in total. The third-order valence-corrected chi connectivity index (χ3v) is 3.60. The molecule has 0 spiro atoms. The number of nitrogens with two attached hydrogens (primary N) is 1. The van der Waals surface area contributed by atoms with Crippen LogP contribution in [0.3, 0.4) is 0 Å². The summed E-state index contributed by atoms with van der Waals surface area (Å²) in [6, 6.07) is 1.36. The fraction of sp³-hybridized carbons (Fsp3) is 0.917. The van der Waals surface area contributed by atoms with Gasteiger partial charge in [-0.05, 0) is 33.1 Å². The van der Waals surface area contributed by atoms with E-state index in [4.69, 9.17) is 10.9 Å². The molecule has 1 aliphatic heterocycles. The van der Waals surface area contributed by atoms with Crippen molar-refractivity contribution in [3.05, 3.63) is 0 Å². The highest BCUT2D eigenvalue weighted by Crippen LogP contribution is 2.21. The summed E-state index contributed by atoms with van der Waals surface area (Å²) >= 11 is 0. The number of piperidine rings is 1. The first-order chi connectivity index (χ1) is 8.08. The highest BCUT2D eigenvalue weighted by molar-refractivity contribution is 5.80. The Morgan fingerprint density at radius 3 is 2.53 bits per heavy atom. The van der Waals surface area contributed by atoms with Gasteiger partial charge in [0.05, 0.1) is 0 Å². The first-order valence-electron chi connectivity index (χ1n) is 6.59. The topological polar surface area (TPSA) is 73.9 Å². The molecule has 1 rings (SSSR count). The van der Waals surface area contributed by atoms with Gasteiger partial charge in [0.1, 0.15) is 5.84 Å².